The van der Waals surface area contributed by atoms with Crippen molar-refractivity contribution in [3.05, 3.63) is 34.9 Å². The van der Waals surface area contributed by atoms with Crippen molar-refractivity contribution in [1.29, 1.82) is 0 Å². The van der Waals surface area contributed by atoms with E-state index in [4.69, 9.17) is 21.1 Å². The van der Waals surface area contributed by atoms with E-state index in [-0.39, 0.29) is 17.2 Å². The van der Waals surface area contributed by atoms with Gasteiger partial charge >= 0.3 is 0 Å². The highest BCUT2D eigenvalue weighted by molar-refractivity contribution is 6.32. The van der Waals surface area contributed by atoms with Crippen molar-refractivity contribution in [2.75, 3.05) is 27.3 Å². The lowest BCUT2D eigenvalue weighted by Crippen LogP contribution is -2.45. The quantitative estimate of drug-likeness (QED) is 0.791. The summed E-state index contributed by atoms with van der Waals surface area (Å²) in [7, 11) is 2.89. The molecule has 0 saturated carbocycles. The number of carbonyl (C=O) groups excluding carboxylic acids is 2. The number of nitrogens with zero attached hydrogens (tertiary/aromatic N) is 2. The Morgan fingerprint density at radius 1 is 1.17 bits per heavy atom. The third-order valence-corrected chi connectivity index (χ3v) is 3.87. The lowest BCUT2D eigenvalue weighted by Gasteiger charge is -2.29. The van der Waals surface area contributed by atoms with Gasteiger partial charge in [0, 0.05) is 18.7 Å². The number of ether oxygens (including phenoxy) is 2. The number of methoxy groups -OCH3 is 2. The molecule has 0 atom stereocenters. The van der Waals surface area contributed by atoms with Gasteiger partial charge in [-0.2, -0.15) is 0 Å². The highest BCUT2D eigenvalue weighted by atomic mass is 35.5. The molecule has 2 amide bonds. The lowest BCUT2D eigenvalue weighted by molar-refractivity contribution is -0.136. The summed E-state index contributed by atoms with van der Waals surface area (Å²) in [6.45, 7) is 6.15. The number of rotatable bonds is 4. The molecular weight excluding hydrogens is 320 g/mol. The Morgan fingerprint density at radius 2 is 1.83 bits per heavy atom. The van der Waals surface area contributed by atoms with Crippen LogP contribution >= 0.6 is 11.6 Å². The molecule has 0 N–H and O–H groups in total. The van der Waals surface area contributed by atoms with Crippen LogP contribution in [0.4, 0.5) is 0 Å². The molecule has 23 heavy (non-hydrogen) atoms. The van der Waals surface area contributed by atoms with Crippen molar-refractivity contribution < 1.29 is 19.1 Å². The average molecular weight is 339 g/mol. The Bertz CT molecular complexity index is 660. The van der Waals surface area contributed by atoms with Crippen molar-refractivity contribution >= 4 is 23.4 Å². The van der Waals surface area contributed by atoms with Gasteiger partial charge in [-0.3, -0.25) is 9.59 Å². The van der Waals surface area contributed by atoms with E-state index in [2.05, 4.69) is 6.58 Å². The van der Waals surface area contributed by atoms with Crippen LogP contribution < -0.4 is 9.47 Å². The molecule has 1 saturated heterocycles. The Balaban J connectivity index is 2.46. The number of benzene rings is 1. The monoisotopic (exact) mass is 338 g/mol. The van der Waals surface area contributed by atoms with Gasteiger partial charge in [0.1, 0.15) is 11.3 Å². The number of carbonyl (C=O) groups is 2. The van der Waals surface area contributed by atoms with Gasteiger partial charge in [0.2, 0.25) is 0 Å². The molecule has 124 valence electrons. The summed E-state index contributed by atoms with van der Waals surface area (Å²) in [5.41, 5.74) is 0.568. The smallest absolute Gasteiger partial charge is 0.280 e. The van der Waals surface area contributed by atoms with E-state index < -0.39 is 5.91 Å². The van der Waals surface area contributed by atoms with E-state index in [1.807, 2.05) is 0 Å². The van der Waals surface area contributed by atoms with E-state index in [1.54, 1.807) is 19.1 Å². The van der Waals surface area contributed by atoms with Gasteiger partial charge in [-0.05, 0) is 25.5 Å². The predicted molar refractivity (Wildman–Crippen MR) is 86.7 cm³/mol. The van der Waals surface area contributed by atoms with Gasteiger partial charge in [-0.15, -0.1) is 0 Å². The van der Waals surface area contributed by atoms with E-state index in [0.717, 1.165) is 0 Å². The fraction of sp³-hybridized carbons (Fsp3) is 0.375. The first kappa shape index (κ1) is 17.1. The summed E-state index contributed by atoms with van der Waals surface area (Å²) >= 11 is 6.11. The van der Waals surface area contributed by atoms with Gasteiger partial charge < -0.3 is 9.47 Å². The van der Waals surface area contributed by atoms with Crippen LogP contribution in [-0.2, 0) is 4.79 Å². The molecule has 0 bridgehead atoms. The molecule has 2 rings (SSSR count). The van der Waals surface area contributed by atoms with Gasteiger partial charge in [0.25, 0.3) is 11.8 Å². The molecule has 1 heterocycles. The van der Waals surface area contributed by atoms with Crippen molar-refractivity contribution in [3.8, 4) is 11.5 Å². The molecule has 1 aliphatic rings. The molecule has 1 fully saturated rings. The number of hydrazine groups is 1. The highest BCUT2D eigenvalue weighted by Crippen LogP contribution is 2.37. The first-order chi connectivity index (χ1) is 10.9. The van der Waals surface area contributed by atoms with Crippen molar-refractivity contribution in [1.82, 2.24) is 10.0 Å². The molecule has 1 aromatic carbocycles. The van der Waals surface area contributed by atoms with Crippen molar-refractivity contribution in [2.24, 2.45) is 0 Å². The SMILES string of the molecule is C=C(C)C(=O)N1CCCN1C(=O)c1c(OC)ccc(Cl)c1OC. The third kappa shape index (κ3) is 3.12. The zero-order valence-electron chi connectivity index (χ0n) is 13.4. The summed E-state index contributed by atoms with van der Waals surface area (Å²) < 4.78 is 10.5. The van der Waals surface area contributed by atoms with Crippen LogP contribution in [0.15, 0.2) is 24.3 Å². The largest absolute Gasteiger partial charge is 0.496 e. The molecule has 0 aromatic heterocycles. The van der Waals surface area contributed by atoms with E-state index in [1.165, 1.54) is 24.2 Å². The van der Waals surface area contributed by atoms with E-state index >= 15 is 0 Å². The molecule has 6 nitrogen and oxygen atoms in total. The fourth-order valence-electron chi connectivity index (χ4n) is 2.49. The zero-order chi connectivity index (χ0) is 17.1. The first-order valence-corrected chi connectivity index (χ1v) is 7.49. The first-order valence-electron chi connectivity index (χ1n) is 7.12. The van der Waals surface area contributed by atoms with Crippen LogP contribution in [-0.4, -0.2) is 49.1 Å². The molecule has 7 heteroatoms. The second-order valence-electron chi connectivity index (χ2n) is 5.15. The second-order valence-corrected chi connectivity index (χ2v) is 5.56. The fourth-order valence-corrected chi connectivity index (χ4v) is 2.73. The molecule has 1 aromatic rings. The third-order valence-electron chi connectivity index (χ3n) is 3.57. The van der Waals surface area contributed by atoms with Gasteiger partial charge in [-0.25, -0.2) is 10.0 Å². The summed E-state index contributed by atoms with van der Waals surface area (Å²) in [5.74, 6) is -0.111. The molecule has 1 aliphatic heterocycles. The average Bonchev–Trinajstić information content (AvgIpc) is 3.02. The highest BCUT2D eigenvalue weighted by Gasteiger charge is 2.34. The minimum Gasteiger partial charge on any atom is -0.496 e. The zero-order valence-corrected chi connectivity index (χ0v) is 14.1. The van der Waals surface area contributed by atoms with Gasteiger partial charge in [0.05, 0.1) is 19.2 Å². The summed E-state index contributed by atoms with van der Waals surface area (Å²) in [6.07, 6.45) is 0.690. The topological polar surface area (TPSA) is 59.1 Å². The number of hydrogen-bond donors (Lipinski definition) is 0. The standard InChI is InChI=1S/C16H19ClN2O4/c1-10(2)15(20)18-8-5-9-19(18)16(21)13-12(22-3)7-6-11(17)14(13)23-4/h6-7H,1,5,8-9H2,2-4H3. The van der Waals surface area contributed by atoms with Crippen LogP contribution in [0, 0.1) is 0 Å². The molecule has 0 unspecified atom stereocenters. The minimum atomic E-state index is -0.395. The Labute approximate surface area is 140 Å². The van der Waals surface area contributed by atoms with Gasteiger partial charge in [-0.1, -0.05) is 18.2 Å². The summed E-state index contributed by atoms with van der Waals surface area (Å²) in [6, 6.07) is 3.19. The predicted octanol–water partition coefficient (Wildman–Crippen LogP) is 2.52. The Morgan fingerprint density at radius 3 is 2.39 bits per heavy atom. The molecule has 0 spiro atoms. The van der Waals surface area contributed by atoms with Crippen molar-refractivity contribution in [2.45, 2.75) is 13.3 Å². The van der Waals surface area contributed by atoms with Crippen LogP contribution in [0.25, 0.3) is 0 Å². The van der Waals surface area contributed by atoms with Crippen LogP contribution in [0.3, 0.4) is 0 Å². The van der Waals surface area contributed by atoms with Crippen molar-refractivity contribution in [3.63, 3.8) is 0 Å². The summed E-state index contributed by atoms with van der Waals surface area (Å²) in [4.78, 5) is 25.2. The summed E-state index contributed by atoms with van der Waals surface area (Å²) in [5, 5.41) is 3.08. The molecular formula is C16H19ClN2O4. The van der Waals surface area contributed by atoms with E-state index in [0.29, 0.717) is 35.9 Å². The molecule has 0 radical (unpaired) electrons. The normalized spacial score (nSPS) is 13.9. The number of halogens is 1. The van der Waals surface area contributed by atoms with Gasteiger partial charge in [0.15, 0.2) is 5.75 Å². The second kappa shape index (κ2) is 6.91. The maximum absolute atomic E-state index is 13.0. The van der Waals surface area contributed by atoms with E-state index in [9.17, 15) is 9.59 Å². The Kier molecular flexibility index (Phi) is 5.15. The van der Waals surface area contributed by atoms with Crippen LogP contribution in [0.2, 0.25) is 5.02 Å². The molecule has 0 aliphatic carbocycles. The Hall–Kier alpha value is -2.21. The number of hydrogen-bond acceptors (Lipinski definition) is 4. The lowest BCUT2D eigenvalue weighted by atomic mass is 10.1. The minimum absolute atomic E-state index is 0.198. The van der Waals surface area contributed by atoms with Crippen LogP contribution in [0.1, 0.15) is 23.7 Å². The van der Waals surface area contributed by atoms with Crippen LogP contribution in [0.5, 0.6) is 11.5 Å². The maximum Gasteiger partial charge on any atom is 0.280 e. The maximum atomic E-state index is 13.0. The number of amides is 2.